The first-order chi connectivity index (χ1) is 31.9. The molecule has 1 aromatic carbocycles. The third kappa shape index (κ3) is 17.2. The van der Waals surface area contributed by atoms with Crippen molar-refractivity contribution in [2.24, 2.45) is 35.5 Å². The maximum absolute atomic E-state index is 14.4. The number of Topliss-reactive ketones (excluding diaryl/α,β-unsaturated/α-hetero) is 1. The van der Waals surface area contributed by atoms with Crippen LogP contribution in [0.4, 0.5) is 0 Å². The molecule has 0 radical (unpaired) electrons. The van der Waals surface area contributed by atoms with Gasteiger partial charge in [0.1, 0.15) is 18.8 Å². The zero-order valence-electron chi connectivity index (χ0n) is 43.2. The molecule has 2 heterocycles. The van der Waals surface area contributed by atoms with Gasteiger partial charge in [0.2, 0.25) is 17.7 Å². The summed E-state index contributed by atoms with van der Waals surface area (Å²) in [6.07, 6.45) is 9.64. The van der Waals surface area contributed by atoms with Crippen LogP contribution in [-0.4, -0.2) is 129 Å². The Morgan fingerprint density at radius 2 is 1.58 bits per heavy atom. The SMILES string of the molecule is CCC=CC=C(C)COC1CON(C(=O)C(Cc2ccccc2)NC(=O)C(C)C(OC)C2CCCN2C(=O)CC(OC)C(CCC(C)C(=O)C(NC(=O)C(NC)C(C)C)C(C)C)C(C)CC)C1. The Bertz CT molecular complexity index is 1750. The smallest absolute Gasteiger partial charge is 0.269 e. The van der Waals surface area contributed by atoms with Crippen LogP contribution in [0.25, 0.3) is 0 Å². The third-order valence-electron chi connectivity index (χ3n) is 13.9. The molecular formula is C53H87N5O9. The molecule has 14 heteroatoms. The monoisotopic (exact) mass is 938 g/mol. The van der Waals surface area contributed by atoms with Crippen LogP contribution in [0.5, 0.6) is 0 Å². The number of carbonyl (C=O) groups is 5. The molecule has 0 bridgehead atoms. The number of ether oxygens (including phenoxy) is 3. The Morgan fingerprint density at radius 1 is 0.896 bits per heavy atom. The van der Waals surface area contributed by atoms with Crippen molar-refractivity contribution in [3.05, 3.63) is 59.7 Å². The molecule has 3 rings (SSSR count). The molecule has 1 aromatic rings. The zero-order chi connectivity index (χ0) is 49.8. The van der Waals surface area contributed by atoms with Crippen molar-refractivity contribution in [1.82, 2.24) is 25.9 Å². The van der Waals surface area contributed by atoms with Gasteiger partial charge in [-0.2, -0.15) is 0 Å². The van der Waals surface area contributed by atoms with Crippen molar-refractivity contribution >= 4 is 29.4 Å². The molecule has 2 aliphatic rings. The van der Waals surface area contributed by atoms with E-state index >= 15 is 0 Å². The number of benzene rings is 1. The van der Waals surface area contributed by atoms with Gasteiger partial charge in [-0.3, -0.25) is 28.8 Å². The fourth-order valence-corrected chi connectivity index (χ4v) is 9.50. The Labute approximate surface area is 403 Å². The van der Waals surface area contributed by atoms with Crippen LogP contribution in [0.2, 0.25) is 0 Å². The predicted molar refractivity (Wildman–Crippen MR) is 264 cm³/mol. The molecule has 11 unspecified atom stereocenters. The van der Waals surface area contributed by atoms with Gasteiger partial charge in [0.05, 0.1) is 55.8 Å². The Kier molecular flexibility index (Phi) is 25.0. The highest BCUT2D eigenvalue weighted by Crippen LogP contribution is 2.33. The average molecular weight is 938 g/mol. The van der Waals surface area contributed by atoms with Crippen molar-refractivity contribution in [2.75, 3.05) is 47.6 Å². The molecule has 0 saturated carbocycles. The molecule has 14 nitrogen and oxygen atoms in total. The lowest BCUT2D eigenvalue weighted by Gasteiger charge is -2.36. The van der Waals surface area contributed by atoms with E-state index in [1.54, 1.807) is 28.2 Å². The number of hydrogen-bond donors (Lipinski definition) is 3. The van der Waals surface area contributed by atoms with Crippen LogP contribution >= 0.6 is 0 Å². The van der Waals surface area contributed by atoms with Crippen LogP contribution in [0.1, 0.15) is 120 Å². The summed E-state index contributed by atoms with van der Waals surface area (Å²) in [4.78, 5) is 77.5. The highest BCUT2D eigenvalue weighted by atomic mass is 16.7. The number of methoxy groups -OCH3 is 2. The molecule has 3 N–H and O–H groups in total. The van der Waals surface area contributed by atoms with Crippen LogP contribution < -0.4 is 16.0 Å². The highest BCUT2D eigenvalue weighted by molar-refractivity contribution is 5.92. The van der Waals surface area contributed by atoms with Gasteiger partial charge in [-0.25, -0.2) is 5.06 Å². The maximum atomic E-state index is 14.4. The number of hydrogen-bond acceptors (Lipinski definition) is 10. The minimum Gasteiger partial charge on any atom is -0.381 e. The van der Waals surface area contributed by atoms with Crippen molar-refractivity contribution < 1.29 is 43.0 Å². The van der Waals surface area contributed by atoms with Gasteiger partial charge >= 0.3 is 0 Å². The number of rotatable bonds is 29. The molecule has 67 heavy (non-hydrogen) atoms. The lowest BCUT2D eigenvalue weighted by molar-refractivity contribution is -0.172. The number of ketones is 1. The molecule has 0 aliphatic carbocycles. The average Bonchev–Trinajstić information content (AvgIpc) is 4.00. The third-order valence-corrected chi connectivity index (χ3v) is 13.9. The van der Waals surface area contributed by atoms with Gasteiger partial charge in [-0.05, 0) is 80.9 Å². The van der Waals surface area contributed by atoms with E-state index in [9.17, 15) is 24.0 Å². The second-order valence-corrected chi connectivity index (χ2v) is 19.7. The quantitative estimate of drug-likeness (QED) is 0.0723. The van der Waals surface area contributed by atoms with Gasteiger partial charge in [0, 0.05) is 33.1 Å². The minimum atomic E-state index is -0.917. The lowest BCUT2D eigenvalue weighted by atomic mass is 9.79. The number of nitrogens with one attached hydrogen (secondary N) is 3. The molecule has 4 amide bonds. The summed E-state index contributed by atoms with van der Waals surface area (Å²) in [5.74, 6) is -1.80. The Balaban J connectivity index is 1.72. The van der Waals surface area contributed by atoms with Crippen molar-refractivity contribution in [1.29, 1.82) is 0 Å². The molecule has 378 valence electrons. The Hall–Kier alpha value is -3.95. The molecular weight excluding hydrogens is 851 g/mol. The van der Waals surface area contributed by atoms with Gasteiger partial charge in [-0.1, -0.05) is 117 Å². The van der Waals surface area contributed by atoms with E-state index in [1.165, 1.54) is 5.06 Å². The van der Waals surface area contributed by atoms with E-state index in [2.05, 4.69) is 42.8 Å². The second-order valence-electron chi connectivity index (χ2n) is 19.7. The summed E-state index contributed by atoms with van der Waals surface area (Å²) in [6.45, 7) is 21.3. The molecule has 0 spiro atoms. The molecule has 2 fully saturated rings. The predicted octanol–water partition coefficient (Wildman–Crippen LogP) is 6.87. The topological polar surface area (TPSA) is 165 Å². The Morgan fingerprint density at radius 3 is 2.18 bits per heavy atom. The minimum absolute atomic E-state index is 0.00526. The molecule has 2 aliphatic heterocycles. The van der Waals surface area contributed by atoms with Crippen molar-refractivity contribution in [3.63, 3.8) is 0 Å². The highest BCUT2D eigenvalue weighted by Gasteiger charge is 2.43. The fraction of sp³-hybridized carbons (Fsp3) is 0.717. The van der Waals surface area contributed by atoms with Crippen LogP contribution in [0, 0.1) is 35.5 Å². The number of nitrogens with zero attached hydrogens (tertiary/aromatic N) is 2. The summed E-state index contributed by atoms with van der Waals surface area (Å²) in [5.41, 5.74) is 1.94. The first kappa shape index (κ1) is 57.4. The summed E-state index contributed by atoms with van der Waals surface area (Å²) in [6, 6.07) is 7.26. The van der Waals surface area contributed by atoms with E-state index in [0.29, 0.717) is 32.4 Å². The van der Waals surface area contributed by atoms with Crippen molar-refractivity contribution in [2.45, 2.75) is 163 Å². The number of amides is 4. The normalized spacial score (nSPS) is 20.9. The van der Waals surface area contributed by atoms with Gasteiger partial charge in [0.25, 0.3) is 5.91 Å². The summed E-state index contributed by atoms with van der Waals surface area (Å²) in [5, 5.41) is 10.4. The van der Waals surface area contributed by atoms with Crippen molar-refractivity contribution in [3.8, 4) is 0 Å². The van der Waals surface area contributed by atoms with E-state index in [0.717, 1.165) is 30.4 Å². The lowest BCUT2D eigenvalue weighted by Crippen LogP contribution is -2.54. The van der Waals surface area contributed by atoms with Crippen LogP contribution in [0.3, 0.4) is 0 Å². The van der Waals surface area contributed by atoms with E-state index in [4.69, 9.17) is 19.0 Å². The number of hydroxylamine groups is 2. The van der Waals surface area contributed by atoms with Gasteiger partial charge in [0.15, 0.2) is 5.78 Å². The first-order valence-corrected chi connectivity index (χ1v) is 25.0. The standard InChI is InChI=1S/C53H87N5O9/c1-14-16-18-22-36(7)32-66-41-31-58(67-33-41)53(63)43(29-40-23-19-17-20-24-40)55-51(61)39(10)50(65-13)44-25-21-28-57(44)46(59)30-45(64-12)42(37(8)15-2)27-26-38(9)49(60)47(34(3)4)56-52(62)48(54-11)35(5)6/h16-20,22-24,34-35,37-39,41-45,47-48,50,54H,14-15,21,25-33H2,1-13H3,(H,55,61)(H,56,62). The number of allylic oxidation sites excluding steroid dienone is 3. The summed E-state index contributed by atoms with van der Waals surface area (Å²) >= 11 is 0. The molecule has 2 saturated heterocycles. The fourth-order valence-electron chi connectivity index (χ4n) is 9.50. The number of carbonyl (C=O) groups excluding carboxylic acids is 5. The van der Waals surface area contributed by atoms with E-state index in [-0.39, 0.29) is 97.1 Å². The first-order valence-electron chi connectivity index (χ1n) is 25.0. The second kappa shape index (κ2) is 29.2. The van der Waals surface area contributed by atoms with Crippen LogP contribution in [-0.2, 0) is 49.4 Å². The molecule has 11 atom stereocenters. The largest absolute Gasteiger partial charge is 0.381 e. The van der Waals surface area contributed by atoms with E-state index in [1.807, 2.05) is 88.9 Å². The number of likely N-dealkylation sites (tertiary alicyclic amines) is 1. The zero-order valence-corrected chi connectivity index (χ0v) is 43.2. The maximum Gasteiger partial charge on any atom is 0.269 e. The number of likely N-dealkylation sites (N-methyl/N-ethyl adjacent to an activating group) is 1. The van der Waals surface area contributed by atoms with E-state index < -0.39 is 36.3 Å². The summed E-state index contributed by atoms with van der Waals surface area (Å²) < 4.78 is 18.3. The van der Waals surface area contributed by atoms with Gasteiger partial charge < -0.3 is 35.1 Å². The van der Waals surface area contributed by atoms with Crippen LogP contribution in [0.15, 0.2) is 54.1 Å². The molecule has 0 aromatic heterocycles. The summed E-state index contributed by atoms with van der Waals surface area (Å²) in [7, 11) is 4.96. The van der Waals surface area contributed by atoms with Gasteiger partial charge in [-0.15, -0.1) is 0 Å².